The third kappa shape index (κ3) is 2.21. The number of benzene rings is 1. The summed E-state index contributed by atoms with van der Waals surface area (Å²) in [6.07, 6.45) is 1.11. The van der Waals surface area contributed by atoms with Crippen molar-refractivity contribution in [3.05, 3.63) is 29.8 Å². The molecule has 14 heavy (non-hydrogen) atoms. The molecule has 0 atom stereocenters. The van der Waals surface area contributed by atoms with Crippen LogP contribution in [-0.4, -0.2) is 11.5 Å². The average molecular weight is 260 g/mol. The van der Waals surface area contributed by atoms with E-state index in [9.17, 15) is 0 Å². The number of rotatable bonds is 2. The van der Waals surface area contributed by atoms with Crippen molar-refractivity contribution in [2.75, 3.05) is 11.5 Å². The lowest BCUT2D eigenvalue weighted by atomic mass is 10.2. The SMILES string of the molecule is CCc1cccc(P2(=S)SCCS2)c1. The molecule has 0 N–H and O–H groups in total. The zero-order valence-corrected chi connectivity index (χ0v) is 11.4. The molecule has 1 aliphatic heterocycles. The molecule has 76 valence electrons. The molecule has 1 saturated heterocycles. The van der Waals surface area contributed by atoms with Crippen molar-refractivity contribution in [3.8, 4) is 0 Å². The monoisotopic (exact) mass is 260 g/mol. The summed E-state index contributed by atoms with van der Waals surface area (Å²) in [4.78, 5) is 0. The van der Waals surface area contributed by atoms with Crippen LogP contribution in [0.5, 0.6) is 0 Å². The Morgan fingerprint density at radius 1 is 1.36 bits per heavy atom. The summed E-state index contributed by atoms with van der Waals surface area (Å²) in [6, 6.07) is 8.87. The molecule has 1 aromatic rings. The van der Waals surface area contributed by atoms with E-state index in [4.69, 9.17) is 11.8 Å². The van der Waals surface area contributed by atoms with E-state index in [0.29, 0.717) is 0 Å². The summed E-state index contributed by atoms with van der Waals surface area (Å²) in [6.45, 7) is 2.20. The Morgan fingerprint density at radius 2 is 2.07 bits per heavy atom. The fraction of sp³-hybridized carbons (Fsp3) is 0.400. The topological polar surface area (TPSA) is 0 Å². The van der Waals surface area contributed by atoms with E-state index >= 15 is 0 Å². The van der Waals surface area contributed by atoms with Crippen molar-refractivity contribution in [1.29, 1.82) is 0 Å². The number of hydrogen-bond acceptors (Lipinski definition) is 3. The van der Waals surface area contributed by atoms with Crippen LogP contribution >= 0.6 is 27.2 Å². The third-order valence-electron chi connectivity index (χ3n) is 2.24. The summed E-state index contributed by atoms with van der Waals surface area (Å²) in [5.41, 5.74) is 1.42. The van der Waals surface area contributed by atoms with Crippen LogP contribution in [0.4, 0.5) is 0 Å². The first-order valence-corrected chi connectivity index (χ1v) is 10.7. The first-order chi connectivity index (χ1) is 6.74. The standard InChI is InChI=1S/C10H13PS3/c1-2-9-4-3-5-10(8-9)11(12)13-6-7-14-11/h3-5,8H,2,6-7H2,1H3. The number of aryl methyl sites for hydroxylation is 1. The Bertz CT molecular complexity index is 365. The molecule has 1 aliphatic rings. The molecular formula is C10H13PS3. The molecule has 0 saturated carbocycles. The minimum atomic E-state index is -1.30. The maximum Gasteiger partial charge on any atom is 0.0850 e. The summed E-state index contributed by atoms with van der Waals surface area (Å²) < 4.78 is -1.30. The van der Waals surface area contributed by atoms with Gasteiger partial charge in [0, 0.05) is 16.8 Å². The van der Waals surface area contributed by atoms with Crippen molar-refractivity contribution in [2.24, 2.45) is 0 Å². The van der Waals surface area contributed by atoms with Gasteiger partial charge in [-0.15, -0.1) is 22.8 Å². The van der Waals surface area contributed by atoms with Crippen LogP contribution < -0.4 is 5.30 Å². The molecule has 1 heterocycles. The molecule has 2 rings (SSSR count). The molecule has 1 aromatic carbocycles. The summed E-state index contributed by atoms with van der Waals surface area (Å²) >= 11 is 9.79. The highest BCUT2D eigenvalue weighted by Crippen LogP contribution is 2.72. The second kappa shape index (κ2) is 4.61. The average Bonchev–Trinajstić information content (AvgIpc) is 2.67. The van der Waals surface area contributed by atoms with Gasteiger partial charge in [0.15, 0.2) is 0 Å². The Hall–Kier alpha value is 0.570. The molecule has 1 fully saturated rings. The van der Waals surface area contributed by atoms with Gasteiger partial charge in [0.2, 0.25) is 0 Å². The maximum atomic E-state index is 5.78. The lowest BCUT2D eigenvalue weighted by Crippen LogP contribution is -1.99. The third-order valence-corrected chi connectivity index (χ3v) is 13.7. The van der Waals surface area contributed by atoms with Crippen molar-refractivity contribution >= 4 is 44.3 Å². The molecule has 0 radical (unpaired) electrons. The van der Waals surface area contributed by atoms with Gasteiger partial charge in [-0.1, -0.05) is 36.9 Å². The van der Waals surface area contributed by atoms with Crippen LogP contribution in [0.3, 0.4) is 0 Å². The molecule has 0 amide bonds. The van der Waals surface area contributed by atoms with Crippen molar-refractivity contribution < 1.29 is 0 Å². The van der Waals surface area contributed by atoms with Crippen molar-refractivity contribution in [1.82, 2.24) is 0 Å². The van der Waals surface area contributed by atoms with Crippen LogP contribution in [-0.2, 0) is 18.2 Å². The summed E-state index contributed by atoms with van der Waals surface area (Å²) in [5, 5.41) is 1.42. The minimum absolute atomic E-state index is 1.11. The lowest BCUT2D eigenvalue weighted by molar-refractivity contribution is 1.14. The van der Waals surface area contributed by atoms with Crippen molar-refractivity contribution in [2.45, 2.75) is 13.3 Å². The van der Waals surface area contributed by atoms with Gasteiger partial charge in [0.05, 0.1) is 4.44 Å². The van der Waals surface area contributed by atoms with E-state index in [1.165, 1.54) is 22.4 Å². The lowest BCUT2D eigenvalue weighted by Gasteiger charge is -2.14. The van der Waals surface area contributed by atoms with Gasteiger partial charge in [-0.3, -0.25) is 0 Å². The maximum absolute atomic E-state index is 5.78. The molecule has 4 heteroatoms. The first-order valence-electron chi connectivity index (χ1n) is 4.73. The molecule has 0 spiro atoms. The van der Waals surface area contributed by atoms with E-state index in [-0.39, 0.29) is 0 Å². The Morgan fingerprint density at radius 3 is 2.71 bits per heavy atom. The minimum Gasteiger partial charge on any atom is -0.109 e. The van der Waals surface area contributed by atoms with E-state index in [0.717, 1.165) is 6.42 Å². The van der Waals surface area contributed by atoms with Gasteiger partial charge >= 0.3 is 0 Å². The smallest absolute Gasteiger partial charge is 0.0850 e. The predicted molar refractivity (Wildman–Crippen MR) is 74.7 cm³/mol. The fourth-order valence-corrected chi connectivity index (χ4v) is 11.8. The van der Waals surface area contributed by atoms with Crippen LogP contribution in [0.15, 0.2) is 24.3 Å². The zero-order valence-electron chi connectivity index (χ0n) is 8.10. The Kier molecular flexibility index (Phi) is 3.64. The second-order valence-electron chi connectivity index (χ2n) is 3.19. The fourth-order valence-electron chi connectivity index (χ4n) is 1.45. The first kappa shape index (κ1) is 11.1. The predicted octanol–water partition coefficient (Wildman–Crippen LogP) is 3.66. The van der Waals surface area contributed by atoms with Gasteiger partial charge in [0.1, 0.15) is 0 Å². The van der Waals surface area contributed by atoms with Gasteiger partial charge in [0.25, 0.3) is 0 Å². The molecule has 0 nitrogen and oxygen atoms in total. The molecule has 0 aliphatic carbocycles. The second-order valence-corrected chi connectivity index (χ2v) is 14.6. The van der Waals surface area contributed by atoms with E-state index in [2.05, 4.69) is 31.2 Å². The molecule has 0 unspecified atom stereocenters. The quantitative estimate of drug-likeness (QED) is 0.745. The van der Waals surface area contributed by atoms with Crippen LogP contribution in [0, 0.1) is 0 Å². The van der Waals surface area contributed by atoms with Gasteiger partial charge in [-0.2, -0.15) is 0 Å². The highest BCUT2D eigenvalue weighted by molar-refractivity contribution is 9.03. The molecular weight excluding hydrogens is 247 g/mol. The van der Waals surface area contributed by atoms with Crippen LogP contribution in [0.1, 0.15) is 12.5 Å². The highest BCUT2D eigenvalue weighted by atomic mass is 33.2. The van der Waals surface area contributed by atoms with Crippen LogP contribution in [0.25, 0.3) is 0 Å². The Labute approximate surface area is 98.7 Å². The van der Waals surface area contributed by atoms with Crippen LogP contribution in [0.2, 0.25) is 0 Å². The molecule has 0 bridgehead atoms. The summed E-state index contributed by atoms with van der Waals surface area (Å²) in [7, 11) is 0. The van der Waals surface area contributed by atoms with Gasteiger partial charge in [-0.25, -0.2) is 0 Å². The van der Waals surface area contributed by atoms with Gasteiger partial charge in [-0.05, 0) is 18.1 Å². The molecule has 0 aromatic heterocycles. The van der Waals surface area contributed by atoms with Crippen molar-refractivity contribution in [3.63, 3.8) is 0 Å². The van der Waals surface area contributed by atoms with E-state index < -0.39 is 4.44 Å². The highest BCUT2D eigenvalue weighted by Gasteiger charge is 2.26. The number of hydrogen-bond donors (Lipinski definition) is 0. The largest absolute Gasteiger partial charge is 0.109 e. The van der Waals surface area contributed by atoms with Gasteiger partial charge < -0.3 is 0 Å². The Balaban J connectivity index is 2.35. The normalized spacial score (nSPS) is 19.8. The van der Waals surface area contributed by atoms with E-state index in [1.54, 1.807) is 0 Å². The zero-order chi connectivity index (χ0) is 10.0. The summed E-state index contributed by atoms with van der Waals surface area (Å²) in [5.74, 6) is 2.47. The van der Waals surface area contributed by atoms with E-state index in [1.807, 2.05) is 22.8 Å².